The first-order chi connectivity index (χ1) is 16.8. The van der Waals surface area contributed by atoms with Gasteiger partial charge in [-0.15, -0.1) is 0 Å². The lowest BCUT2D eigenvalue weighted by Gasteiger charge is -2.25. The summed E-state index contributed by atoms with van der Waals surface area (Å²) in [5.74, 6) is 0. The van der Waals surface area contributed by atoms with Gasteiger partial charge >= 0.3 is 0 Å². The van der Waals surface area contributed by atoms with Gasteiger partial charge in [-0.1, -0.05) is 36.4 Å². The summed E-state index contributed by atoms with van der Waals surface area (Å²) in [5.41, 5.74) is 1.20. The number of nitrogens with zero attached hydrogens (tertiary/aromatic N) is 2. The molecule has 34 heavy (non-hydrogen) atoms. The van der Waals surface area contributed by atoms with Crippen molar-refractivity contribution in [3.8, 4) is 0 Å². The van der Waals surface area contributed by atoms with E-state index >= 15 is 0 Å². The highest BCUT2D eigenvalue weighted by atomic mass is 16.5. The average molecular weight is 471 g/mol. The summed E-state index contributed by atoms with van der Waals surface area (Å²) < 4.78 is 23.0. The first-order valence-corrected chi connectivity index (χ1v) is 11.8. The second-order valence-corrected chi connectivity index (χ2v) is 7.74. The van der Waals surface area contributed by atoms with Gasteiger partial charge in [0.1, 0.15) is 0 Å². The van der Waals surface area contributed by atoms with Crippen molar-refractivity contribution in [1.82, 2.24) is 0 Å². The van der Waals surface area contributed by atoms with Crippen LogP contribution in [0.25, 0.3) is 0 Å². The highest BCUT2D eigenvalue weighted by Gasteiger charge is 2.11. The Balaban J connectivity index is 1.57. The van der Waals surface area contributed by atoms with Crippen LogP contribution in [-0.2, 0) is 18.9 Å². The van der Waals surface area contributed by atoms with Crippen LogP contribution >= 0.6 is 0 Å². The van der Waals surface area contributed by atoms with Crippen molar-refractivity contribution in [1.29, 1.82) is 0 Å². The maximum Gasteiger partial charge on any atom is 0.201 e. The molecule has 0 amide bonds. The van der Waals surface area contributed by atoms with E-state index in [1.165, 1.54) is 0 Å². The molecule has 0 atom stereocenters. The Kier molecular flexibility index (Phi) is 11.5. The van der Waals surface area contributed by atoms with E-state index in [1.807, 2.05) is 46.2 Å². The third kappa shape index (κ3) is 8.87. The normalized spacial score (nSPS) is 18.0. The number of rotatable bonds is 2. The molecule has 0 bridgehead atoms. The van der Waals surface area contributed by atoms with E-state index in [0.717, 1.165) is 0 Å². The standard InChI is InChI=1S/C26H34N2O6/c29-25-9-5-1-3-7-23(25)27-11-15-31-19-21-33-17-13-28(14-18-34-22-20-32-16-12-27)24-8-4-2-6-10-26(24)30/h1-10H,11-22H2. The minimum absolute atomic E-state index is 0.0309. The summed E-state index contributed by atoms with van der Waals surface area (Å²) in [6, 6.07) is 17.7. The molecule has 184 valence electrons. The van der Waals surface area contributed by atoms with Crippen molar-refractivity contribution in [3.05, 3.63) is 81.1 Å². The molecule has 1 aliphatic rings. The largest absolute Gasteiger partial charge is 0.377 e. The van der Waals surface area contributed by atoms with E-state index in [2.05, 4.69) is 0 Å². The van der Waals surface area contributed by atoms with Gasteiger partial charge in [0.25, 0.3) is 0 Å². The first kappa shape index (κ1) is 25.8. The fourth-order valence-corrected chi connectivity index (χ4v) is 3.61. The SMILES string of the molecule is O=c1cccccc1N1CCOCCOCCN(c2cccccc2=O)CCOCCOCC1. The van der Waals surface area contributed by atoms with Crippen LogP contribution in [0, 0.1) is 0 Å². The number of hydrogen-bond donors (Lipinski definition) is 0. The first-order valence-electron chi connectivity index (χ1n) is 11.8. The Morgan fingerprint density at radius 2 is 0.765 bits per heavy atom. The molecule has 0 spiro atoms. The van der Waals surface area contributed by atoms with Gasteiger partial charge in [0, 0.05) is 26.2 Å². The minimum atomic E-state index is -0.0309. The van der Waals surface area contributed by atoms with Crippen molar-refractivity contribution in [2.45, 2.75) is 0 Å². The van der Waals surface area contributed by atoms with E-state index < -0.39 is 0 Å². The van der Waals surface area contributed by atoms with E-state index in [-0.39, 0.29) is 10.9 Å². The van der Waals surface area contributed by atoms with Crippen molar-refractivity contribution in [2.24, 2.45) is 0 Å². The Morgan fingerprint density at radius 3 is 1.12 bits per heavy atom. The van der Waals surface area contributed by atoms with Gasteiger partial charge in [-0.2, -0.15) is 0 Å². The van der Waals surface area contributed by atoms with E-state index in [4.69, 9.17) is 18.9 Å². The van der Waals surface area contributed by atoms with Crippen LogP contribution < -0.4 is 20.7 Å². The zero-order chi connectivity index (χ0) is 23.8. The van der Waals surface area contributed by atoms with Gasteiger partial charge in [-0.05, 0) is 24.3 Å². The molecule has 0 radical (unpaired) electrons. The van der Waals surface area contributed by atoms with E-state index in [1.54, 1.807) is 24.3 Å². The second-order valence-electron chi connectivity index (χ2n) is 7.74. The highest BCUT2D eigenvalue weighted by Crippen LogP contribution is 2.08. The summed E-state index contributed by atoms with van der Waals surface area (Å²) in [6.07, 6.45) is 0. The molecule has 1 heterocycles. The van der Waals surface area contributed by atoms with Gasteiger partial charge in [0.05, 0.1) is 64.2 Å². The molecule has 0 aromatic heterocycles. The zero-order valence-electron chi connectivity index (χ0n) is 19.6. The number of hydrogen-bond acceptors (Lipinski definition) is 8. The molecular formula is C26H34N2O6. The van der Waals surface area contributed by atoms with Crippen molar-refractivity contribution >= 4 is 11.4 Å². The van der Waals surface area contributed by atoms with Crippen LogP contribution in [0.4, 0.5) is 11.4 Å². The van der Waals surface area contributed by atoms with Crippen LogP contribution in [0.2, 0.25) is 0 Å². The maximum atomic E-state index is 12.4. The molecule has 0 saturated carbocycles. The van der Waals surface area contributed by atoms with Crippen LogP contribution in [-0.4, -0.2) is 79.0 Å². The van der Waals surface area contributed by atoms with Crippen LogP contribution in [0.3, 0.4) is 0 Å². The molecule has 8 nitrogen and oxygen atoms in total. The maximum absolute atomic E-state index is 12.4. The molecule has 0 unspecified atom stereocenters. The lowest BCUT2D eigenvalue weighted by Crippen LogP contribution is -2.35. The molecule has 1 saturated heterocycles. The number of ether oxygens (including phenoxy) is 4. The summed E-state index contributed by atoms with van der Waals surface area (Å²) in [7, 11) is 0. The molecular weight excluding hydrogens is 436 g/mol. The van der Waals surface area contributed by atoms with Crippen LogP contribution in [0.5, 0.6) is 0 Å². The fraction of sp³-hybridized carbons (Fsp3) is 0.462. The van der Waals surface area contributed by atoms with E-state index in [9.17, 15) is 9.59 Å². The van der Waals surface area contributed by atoms with Gasteiger partial charge in [0.2, 0.25) is 10.9 Å². The average Bonchev–Trinajstić information content (AvgIpc) is 3.18. The predicted octanol–water partition coefficient (Wildman–Crippen LogP) is 1.80. The molecule has 1 aliphatic heterocycles. The van der Waals surface area contributed by atoms with E-state index in [0.29, 0.717) is 90.4 Å². The predicted molar refractivity (Wildman–Crippen MR) is 133 cm³/mol. The Hall–Kier alpha value is -2.78. The topological polar surface area (TPSA) is 77.5 Å². The third-order valence-electron chi connectivity index (χ3n) is 5.40. The van der Waals surface area contributed by atoms with Crippen LogP contribution in [0.15, 0.2) is 70.3 Å². The van der Waals surface area contributed by atoms with Crippen molar-refractivity contribution < 1.29 is 18.9 Å². The lowest BCUT2D eigenvalue weighted by atomic mass is 10.3. The van der Waals surface area contributed by atoms with Gasteiger partial charge in [0.15, 0.2) is 0 Å². The second kappa shape index (κ2) is 15.2. The molecule has 2 aromatic rings. The Bertz CT molecular complexity index is 875. The minimum Gasteiger partial charge on any atom is -0.377 e. The fourth-order valence-electron chi connectivity index (χ4n) is 3.61. The highest BCUT2D eigenvalue weighted by molar-refractivity contribution is 5.46. The summed E-state index contributed by atoms with van der Waals surface area (Å²) in [4.78, 5) is 28.8. The quantitative estimate of drug-likeness (QED) is 0.658. The summed E-state index contributed by atoms with van der Waals surface area (Å²) >= 11 is 0. The van der Waals surface area contributed by atoms with Gasteiger partial charge in [-0.3, -0.25) is 9.59 Å². The Labute approximate surface area is 200 Å². The number of anilines is 2. The van der Waals surface area contributed by atoms with Crippen molar-refractivity contribution in [3.63, 3.8) is 0 Å². The molecule has 1 fully saturated rings. The monoisotopic (exact) mass is 470 g/mol. The van der Waals surface area contributed by atoms with Gasteiger partial charge < -0.3 is 28.7 Å². The van der Waals surface area contributed by atoms with Gasteiger partial charge in [-0.25, -0.2) is 0 Å². The lowest BCUT2D eigenvalue weighted by molar-refractivity contribution is 0.0435. The zero-order valence-corrected chi connectivity index (χ0v) is 19.6. The van der Waals surface area contributed by atoms with Crippen molar-refractivity contribution in [2.75, 3.05) is 88.8 Å². The summed E-state index contributed by atoms with van der Waals surface area (Å²) in [6.45, 7) is 5.98. The Morgan fingerprint density at radius 1 is 0.441 bits per heavy atom. The molecule has 8 heteroatoms. The molecule has 0 aliphatic carbocycles. The van der Waals surface area contributed by atoms with Crippen LogP contribution in [0.1, 0.15) is 0 Å². The summed E-state index contributed by atoms with van der Waals surface area (Å²) in [5, 5.41) is 0. The smallest absolute Gasteiger partial charge is 0.201 e. The molecule has 2 aromatic carbocycles. The molecule has 0 N–H and O–H groups in total. The third-order valence-corrected chi connectivity index (χ3v) is 5.40. The molecule has 3 rings (SSSR count).